The Morgan fingerprint density at radius 1 is 1.04 bits per heavy atom. The number of hydrogen-bond acceptors (Lipinski definition) is 4. The lowest BCUT2D eigenvalue weighted by Gasteiger charge is -2.50. The quantitative estimate of drug-likeness (QED) is 0.839. The van der Waals surface area contributed by atoms with E-state index >= 15 is 0 Å². The summed E-state index contributed by atoms with van der Waals surface area (Å²) in [7, 11) is 0. The van der Waals surface area contributed by atoms with Gasteiger partial charge in [0, 0.05) is 0 Å². The summed E-state index contributed by atoms with van der Waals surface area (Å²) < 4.78 is 24.7. The molecular formula is C20H29FN2O4. The van der Waals surface area contributed by atoms with Gasteiger partial charge in [-0.1, -0.05) is 6.07 Å². The molecular weight excluding hydrogens is 351 g/mol. The SMILES string of the molecule is Cc1cc(F)cc(C2(NC(=O)OC(C)(C)C)CN(C(=O)OC(C)(C)C)C2)c1. The van der Waals surface area contributed by atoms with Crippen LogP contribution in [0.1, 0.15) is 52.7 Å². The van der Waals surface area contributed by atoms with Gasteiger partial charge in [0.05, 0.1) is 13.1 Å². The molecule has 1 aliphatic rings. The molecule has 1 aliphatic heterocycles. The van der Waals surface area contributed by atoms with Gasteiger partial charge in [-0.25, -0.2) is 14.0 Å². The molecule has 6 nitrogen and oxygen atoms in total. The summed E-state index contributed by atoms with van der Waals surface area (Å²) >= 11 is 0. The van der Waals surface area contributed by atoms with Crippen molar-refractivity contribution in [2.75, 3.05) is 13.1 Å². The number of aryl methyl sites for hydroxylation is 1. The van der Waals surface area contributed by atoms with Crippen molar-refractivity contribution in [3.8, 4) is 0 Å². The fourth-order valence-electron chi connectivity index (χ4n) is 2.91. The van der Waals surface area contributed by atoms with Crippen molar-refractivity contribution in [2.45, 2.75) is 65.2 Å². The van der Waals surface area contributed by atoms with Crippen LogP contribution in [0.15, 0.2) is 18.2 Å². The zero-order chi connectivity index (χ0) is 20.6. The van der Waals surface area contributed by atoms with Crippen LogP contribution in [-0.4, -0.2) is 41.4 Å². The van der Waals surface area contributed by atoms with Gasteiger partial charge in [-0.2, -0.15) is 0 Å². The van der Waals surface area contributed by atoms with Crippen LogP contribution in [0, 0.1) is 12.7 Å². The second kappa shape index (κ2) is 7.02. The minimum Gasteiger partial charge on any atom is -0.444 e. The maximum Gasteiger partial charge on any atom is 0.410 e. The highest BCUT2D eigenvalue weighted by Crippen LogP contribution is 2.34. The van der Waals surface area contributed by atoms with Crippen molar-refractivity contribution < 1.29 is 23.5 Å². The van der Waals surface area contributed by atoms with Gasteiger partial charge in [-0.15, -0.1) is 0 Å². The number of benzene rings is 1. The van der Waals surface area contributed by atoms with E-state index in [4.69, 9.17) is 9.47 Å². The van der Waals surface area contributed by atoms with Crippen LogP contribution < -0.4 is 5.32 Å². The molecule has 0 spiro atoms. The molecule has 1 N–H and O–H groups in total. The van der Waals surface area contributed by atoms with Crippen molar-refractivity contribution in [1.82, 2.24) is 10.2 Å². The van der Waals surface area contributed by atoms with Crippen LogP contribution in [-0.2, 0) is 15.0 Å². The molecule has 0 unspecified atom stereocenters. The molecule has 0 radical (unpaired) electrons. The molecule has 150 valence electrons. The van der Waals surface area contributed by atoms with E-state index in [1.807, 2.05) is 0 Å². The number of amides is 2. The molecule has 7 heteroatoms. The van der Waals surface area contributed by atoms with Gasteiger partial charge < -0.3 is 19.7 Å². The van der Waals surface area contributed by atoms with E-state index in [0.717, 1.165) is 5.56 Å². The average Bonchev–Trinajstić information content (AvgIpc) is 2.36. The summed E-state index contributed by atoms with van der Waals surface area (Å²) in [5, 5.41) is 2.83. The Kier molecular flexibility index (Phi) is 5.46. The van der Waals surface area contributed by atoms with Crippen molar-refractivity contribution in [3.05, 3.63) is 35.1 Å². The molecule has 1 aromatic rings. The molecule has 1 heterocycles. The lowest BCUT2D eigenvalue weighted by molar-refractivity contribution is -0.0230. The second-order valence-electron chi connectivity index (χ2n) is 9.06. The van der Waals surface area contributed by atoms with Crippen LogP contribution >= 0.6 is 0 Å². The number of hydrogen-bond donors (Lipinski definition) is 1. The lowest BCUT2D eigenvalue weighted by atomic mass is 9.82. The highest BCUT2D eigenvalue weighted by Gasteiger charge is 2.49. The third kappa shape index (κ3) is 5.58. The number of halogens is 1. The fraction of sp³-hybridized carbons (Fsp3) is 0.600. The van der Waals surface area contributed by atoms with Gasteiger partial charge in [0.2, 0.25) is 0 Å². The molecule has 2 amide bonds. The van der Waals surface area contributed by atoms with E-state index in [1.54, 1.807) is 54.5 Å². The van der Waals surface area contributed by atoms with E-state index in [-0.39, 0.29) is 13.1 Å². The zero-order valence-corrected chi connectivity index (χ0v) is 17.1. The molecule has 0 bridgehead atoms. The average molecular weight is 380 g/mol. The summed E-state index contributed by atoms with van der Waals surface area (Å²) in [5.41, 5.74) is -0.899. The Hall–Kier alpha value is -2.31. The molecule has 27 heavy (non-hydrogen) atoms. The molecule has 0 saturated carbocycles. The maximum atomic E-state index is 14.0. The Bertz CT molecular complexity index is 708. The maximum absolute atomic E-state index is 14.0. The van der Waals surface area contributed by atoms with Crippen LogP contribution in [0.3, 0.4) is 0 Å². The van der Waals surface area contributed by atoms with Gasteiger partial charge in [0.1, 0.15) is 22.6 Å². The Morgan fingerprint density at radius 3 is 2.07 bits per heavy atom. The van der Waals surface area contributed by atoms with Gasteiger partial charge in [-0.05, 0) is 71.7 Å². The highest BCUT2D eigenvalue weighted by atomic mass is 19.1. The third-order valence-corrected chi connectivity index (χ3v) is 3.91. The van der Waals surface area contributed by atoms with Gasteiger partial charge in [0.25, 0.3) is 0 Å². The predicted octanol–water partition coefficient (Wildman–Crippen LogP) is 4.10. The second-order valence-corrected chi connectivity index (χ2v) is 9.06. The number of likely N-dealkylation sites (tertiary alicyclic amines) is 1. The van der Waals surface area contributed by atoms with Crippen molar-refractivity contribution in [3.63, 3.8) is 0 Å². The lowest BCUT2D eigenvalue weighted by Crippen LogP contribution is -2.69. The molecule has 2 rings (SSSR count). The summed E-state index contributed by atoms with van der Waals surface area (Å²) in [6.45, 7) is 12.8. The molecule has 1 fully saturated rings. The monoisotopic (exact) mass is 380 g/mol. The Morgan fingerprint density at radius 2 is 1.59 bits per heavy atom. The Labute approximate surface area is 160 Å². The van der Waals surface area contributed by atoms with Crippen molar-refractivity contribution in [2.24, 2.45) is 0 Å². The van der Waals surface area contributed by atoms with Crippen molar-refractivity contribution in [1.29, 1.82) is 0 Å². The van der Waals surface area contributed by atoms with Gasteiger partial charge in [-0.3, -0.25) is 0 Å². The van der Waals surface area contributed by atoms with Gasteiger partial charge >= 0.3 is 12.2 Å². The predicted molar refractivity (Wildman–Crippen MR) is 100.0 cm³/mol. The molecule has 1 saturated heterocycles. The standard InChI is InChI=1S/C20H29FN2O4/c1-13-8-14(10-15(21)9-13)20(22-16(24)26-18(2,3)4)11-23(12-20)17(25)27-19(5,6)7/h8-10H,11-12H2,1-7H3,(H,22,24). The minimum absolute atomic E-state index is 0.171. The largest absolute Gasteiger partial charge is 0.444 e. The third-order valence-electron chi connectivity index (χ3n) is 3.91. The van der Waals surface area contributed by atoms with Gasteiger partial charge in [0.15, 0.2) is 0 Å². The number of carbonyl (C=O) groups is 2. The number of alkyl carbamates (subject to hydrolysis) is 1. The first-order valence-corrected chi connectivity index (χ1v) is 8.96. The normalized spacial score (nSPS) is 16.4. The van der Waals surface area contributed by atoms with E-state index < -0.39 is 34.7 Å². The number of ether oxygens (including phenoxy) is 2. The Balaban J connectivity index is 2.24. The summed E-state index contributed by atoms with van der Waals surface area (Å²) in [6, 6.07) is 4.58. The molecule has 0 aliphatic carbocycles. The van der Waals surface area contributed by atoms with Crippen LogP contribution in [0.4, 0.5) is 14.0 Å². The molecule has 1 aromatic carbocycles. The van der Waals surface area contributed by atoms with E-state index in [9.17, 15) is 14.0 Å². The topological polar surface area (TPSA) is 67.9 Å². The number of carbonyl (C=O) groups excluding carboxylic acids is 2. The minimum atomic E-state index is -0.925. The van der Waals surface area contributed by atoms with Crippen LogP contribution in [0.2, 0.25) is 0 Å². The molecule has 0 aromatic heterocycles. The van der Waals surface area contributed by atoms with E-state index in [0.29, 0.717) is 5.56 Å². The first-order chi connectivity index (χ1) is 12.2. The number of nitrogens with zero attached hydrogens (tertiary/aromatic N) is 1. The smallest absolute Gasteiger partial charge is 0.410 e. The fourth-order valence-corrected chi connectivity index (χ4v) is 2.91. The summed E-state index contributed by atoms with van der Waals surface area (Å²) in [4.78, 5) is 26.1. The summed E-state index contributed by atoms with van der Waals surface area (Å²) in [6.07, 6.45) is -1.09. The number of rotatable bonds is 2. The highest BCUT2D eigenvalue weighted by molar-refractivity contribution is 5.73. The first-order valence-electron chi connectivity index (χ1n) is 8.96. The zero-order valence-electron chi connectivity index (χ0n) is 17.1. The first kappa shape index (κ1) is 21.0. The molecule has 0 atom stereocenters. The van der Waals surface area contributed by atoms with Crippen molar-refractivity contribution >= 4 is 12.2 Å². The van der Waals surface area contributed by atoms with E-state index in [2.05, 4.69) is 5.32 Å². The summed E-state index contributed by atoms with van der Waals surface area (Å²) in [5.74, 6) is -0.397. The number of nitrogens with one attached hydrogen (secondary N) is 1. The van der Waals surface area contributed by atoms with Crippen LogP contribution in [0.25, 0.3) is 0 Å². The van der Waals surface area contributed by atoms with E-state index in [1.165, 1.54) is 17.0 Å². The van der Waals surface area contributed by atoms with Crippen LogP contribution in [0.5, 0.6) is 0 Å².